The van der Waals surface area contributed by atoms with Crippen LogP contribution in [-0.2, 0) is 0 Å². The van der Waals surface area contributed by atoms with Crippen LogP contribution in [0, 0.1) is 11.8 Å². The minimum atomic E-state index is -0.360. The quantitative estimate of drug-likeness (QED) is 0.623. The van der Waals surface area contributed by atoms with Gasteiger partial charge in [-0.3, -0.25) is 0 Å². The van der Waals surface area contributed by atoms with Gasteiger partial charge in [0.25, 0.3) is 0 Å². The van der Waals surface area contributed by atoms with Crippen molar-refractivity contribution >= 4 is 22.5 Å². The van der Waals surface area contributed by atoms with Crippen LogP contribution in [-0.4, -0.2) is 33.4 Å². The molecule has 2 amide bonds. The number of fused-ring (bicyclic) bond motifs is 1. The maximum atomic E-state index is 12.0. The first kappa shape index (κ1) is 19.9. The van der Waals surface area contributed by atoms with Crippen molar-refractivity contribution in [2.24, 2.45) is 0 Å². The van der Waals surface area contributed by atoms with Crippen LogP contribution < -0.4 is 24.8 Å². The second-order valence-electron chi connectivity index (χ2n) is 6.00. The predicted molar refractivity (Wildman–Crippen MR) is 114 cm³/mol. The molecule has 0 radical (unpaired) electrons. The average molecular weight is 390 g/mol. The van der Waals surface area contributed by atoms with Gasteiger partial charge >= 0.3 is 6.03 Å². The summed E-state index contributed by atoms with van der Waals surface area (Å²) in [5, 5.41) is 7.56. The average Bonchev–Trinajstić information content (AvgIpc) is 2.76. The lowest BCUT2D eigenvalue weighted by atomic mass is 10.1. The first-order valence-corrected chi connectivity index (χ1v) is 9.04. The molecule has 3 rings (SSSR count). The van der Waals surface area contributed by atoms with Crippen LogP contribution in [0.25, 0.3) is 10.8 Å². The van der Waals surface area contributed by atoms with Gasteiger partial charge in [-0.2, -0.15) is 0 Å². The maximum absolute atomic E-state index is 12.0. The normalized spacial score (nSPS) is 9.86. The molecule has 0 aliphatic carbocycles. The van der Waals surface area contributed by atoms with E-state index in [0.717, 1.165) is 16.5 Å². The highest BCUT2D eigenvalue weighted by molar-refractivity contribution is 5.90. The Hall–Kier alpha value is -3.85. The summed E-state index contributed by atoms with van der Waals surface area (Å²) in [6, 6.07) is 18.7. The molecule has 0 fully saturated rings. The fourth-order valence-corrected chi connectivity index (χ4v) is 2.76. The lowest BCUT2D eigenvalue weighted by molar-refractivity contribution is 0.253. The molecule has 0 heterocycles. The topological polar surface area (TPSA) is 68.8 Å². The molecule has 6 heteroatoms. The molecule has 148 valence electrons. The van der Waals surface area contributed by atoms with Gasteiger partial charge in [-0.05, 0) is 23.6 Å². The molecule has 0 aliphatic heterocycles. The van der Waals surface area contributed by atoms with Crippen molar-refractivity contribution in [3.05, 3.63) is 60.7 Å². The third-order valence-electron chi connectivity index (χ3n) is 4.15. The lowest BCUT2D eigenvalue weighted by Gasteiger charge is -2.10. The van der Waals surface area contributed by atoms with E-state index in [4.69, 9.17) is 14.2 Å². The highest BCUT2D eigenvalue weighted by Crippen LogP contribution is 2.29. The van der Waals surface area contributed by atoms with E-state index in [1.54, 1.807) is 25.3 Å². The fraction of sp³-hybridized carbons (Fsp3) is 0.174. The number of urea groups is 1. The number of amides is 2. The molecule has 0 atom stereocenters. The molecule has 0 spiro atoms. The molecule has 29 heavy (non-hydrogen) atoms. The van der Waals surface area contributed by atoms with Gasteiger partial charge in [-0.15, -0.1) is 0 Å². The van der Waals surface area contributed by atoms with Gasteiger partial charge in [-0.1, -0.05) is 48.2 Å². The fourth-order valence-electron chi connectivity index (χ4n) is 2.76. The van der Waals surface area contributed by atoms with Gasteiger partial charge in [0, 0.05) is 17.1 Å². The van der Waals surface area contributed by atoms with E-state index in [1.165, 1.54) is 7.11 Å². The minimum absolute atomic E-state index is 0.206. The summed E-state index contributed by atoms with van der Waals surface area (Å²) in [5.74, 6) is 7.69. The molecule has 3 aromatic rings. The SMILES string of the molecule is COc1ccc(NC(=O)NCC#CCOc2cccc3ccccc23)cc1OC. The number of rotatable bonds is 6. The summed E-state index contributed by atoms with van der Waals surface area (Å²) >= 11 is 0. The molecule has 6 nitrogen and oxygen atoms in total. The van der Waals surface area contributed by atoms with Crippen LogP contribution in [0.15, 0.2) is 60.7 Å². The van der Waals surface area contributed by atoms with E-state index in [-0.39, 0.29) is 19.2 Å². The zero-order chi connectivity index (χ0) is 20.5. The Labute approximate surface area is 169 Å². The number of nitrogens with one attached hydrogen (secondary N) is 2. The molecular formula is C23H22N2O4. The number of ether oxygens (including phenoxy) is 3. The Bertz CT molecular complexity index is 1050. The van der Waals surface area contributed by atoms with E-state index >= 15 is 0 Å². The van der Waals surface area contributed by atoms with Gasteiger partial charge in [0.15, 0.2) is 11.5 Å². The second kappa shape index (κ2) is 9.90. The monoisotopic (exact) mass is 390 g/mol. The van der Waals surface area contributed by atoms with Crippen molar-refractivity contribution in [1.29, 1.82) is 0 Å². The molecule has 0 aliphatic rings. The second-order valence-corrected chi connectivity index (χ2v) is 6.00. The van der Waals surface area contributed by atoms with Crippen LogP contribution in [0.4, 0.5) is 10.5 Å². The number of carbonyl (C=O) groups excluding carboxylic acids is 1. The number of benzene rings is 3. The standard InChI is InChI=1S/C23H22N2O4/c1-27-21-13-12-18(16-22(21)28-2)25-23(26)24-14-5-6-15-29-20-11-7-9-17-8-3-4-10-19(17)20/h3-4,7-13,16H,14-15H2,1-2H3,(H2,24,25,26). The van der Waals surface area contributed by atoms with Crippen LogP contribution in [0.5, 0.6) is 17.2 Å². The Morgan fingerprint density at radius 2 is 1.69 bits per heavy atom. The zero-order valence-electron chi connectivity index (χ0n) is 16.3. The Morgan fingerprint density at radius 3 is 2.52 bits per heavy atom. The number of hydrogen-bond acceptors (Lipinski definition) is 4. The Kier molecular flexibility index (Phi) is 6.80. The maximum Gasteiger partial charge on any atom is 0.319 e. The molecule has 0 aromatic heterocycles. The molecule has 0 saturated heterocycles. The largest absolute Gasteiger partial charge is 0.493 e. The van der Waals surface area contributed by atoms with Crippen molar-refractivity contribution in [2.75, 3.05) is 32.7 Å². The van der Waals surface area contributed by atoms with Gasteiger partial charge < -0.3 is 24.8 Å². The number of methoxy groups -OCH3 is 2. The van der Waals surface area contributed by atoms with Crippen LogP contribution in [0.1, 0.15) is 0 Å². The first-order valence-electron chi connectivity index (χ1n) is 9.04. The van der Waals surface area contributed by atoms with Crippen molar-refractivity contribution in [1.82, 2.24) is 5.32 Å². The van der Waals surface area contributed by atoms with Crippen molar-refractivity contribution in [3.8, 4) is 29.1 Å². The number of carbonyl (C=O) groups is 1. The highest BCUT2D eigenvalue weighted by atomic mass is 16.5. The highest BCUT2D eigenvalue weighted by Gasteiger charge is 2.06. The molecule has 2 N–H and O–H groups in total. The van der Waals surface area contributed by atoms with E-state index < -0.39 is 0 Å². The predicted octanol–water partition coefficient (Wildman–Crippen LogP) is 4.06. The van der Waals surface area contributed by atoms with Gasteiger partial charge in [0.2, 0.25) is 0 Å². The van der Waals surface area contributed by atoms with Gasteiger partial charge in [0.1, 0.15) is 12.4 Å². The smallest absolute Gasteiger partial charge is 0.319 e. The van der Waals surface area contributed by atoms with E-state index in [0.29, 0.717) is 17.2 Å². The molecule has 0 unspecified atom stereocenters. The summed E-state index contributed by atoms with van der Waals surface area (Å²) in [7, 11) is 3.10. The van der Waals surface area contributed by atoms with E-state index in [2.05, 4.69) is 22.5 Å². The Balaban J connectivity index is 1.46. The van der Waals surface area contributed by atoms with E-state index in [9.17, 15) is 4.79 Å². The van der Waals surface area contributed by atoms with E-state index in [1.807, 2.05) is 42.5 Å². The summed E-state index contributed by atoms with van der Waals surface area (Å²) < 4.78 is 16.1. The van der Waals surface area contributed by atoms with Gasteiger partial charge in [0.05, 0.1) is 20.8 Å². The summed E-state index contributed by atoms with van der Waals surface area (Å²) in [6.07, 6.45) is 0. The minimum Gasteiger partial charge on any atom is -0.493 e. The third kappa shape index (κ3) is 5.33. The number of hydrogen-bond donors (Lipinski definition) is 2. The molecule has 3 aromatic carbocycles. The van der Waals surface area contributed by atoms with Crippen LogP contribution in [0.2, 0.25) is 0 Å². The summed E-state index contributed by atoms with van der Waals surface area (Å²) in [6.45, 7) is 0.449. The first-order chi connectivity index (χ1) is 14.2. The van der Waals surface area contributed by atoms with Crippen LogP contribution >= 0.6 is 0 Å². The molecular weight excluding hydrogens is 368 g/mol. The van der Waals surface area contributed by atoms with Crippen molar-refractivity contribution < 1.29 is 19.0 Å². The Morgan fingerprint density at radius 1 is 0.897 bits per heavy atom. The van der Waals surface area contributed by atoms with Gasteiger partial charge in [-0.25, -0.2) is 4.79 Å². The zero-order valence-corrected chi connectivity index (χ0v) is 16.3. The number of anilines is 1. The summed E-state index contributed by atoms with van der Waals surface area (Å²) in [5.41, 5.74) is 0.590. The van der Waals surface area contributed by atoms with Crippen molar-refractivity contribution in [3.63, 3.8) is 0 Å². The van der Waals surface area contributed by atoms with Crippen molar-refractivity contribution in [2.45, 2.75) is 0 Å². The molecule has 0 bridgehead atoms. The molecule has 0 saturated carbocycles. The summed E-state index contributed by atoms with van der Waals surface area (Å²) in [4.78, 5) is 12.0. The lowest BCUT2D eigenvalue weighted by Crippen LogP contribution is -2.28. The van der Waals surface area contributed by atoms with Crippen LogP contribution in [0.3, 0.4) is 0 Å². The third-order valence-corrected chi connectivity index (χ3v) is 4.15.